The first-order valence-electron chi connectivity index (χ1n) is 5.30. The summed E-state index contributed by atoms with van der Waals surface area (Å²) in [5.74, 6) is 0.921. The fourth-order valence-electron chi connectivity index (χ4n) is 1.25. The van der Waals surface area contributed by atoms with Gasteiger partial charge in [0.2, 0.25) is 5.91 Å². The Bertz CT molecular complexity index is 155. The van der Waals surface area contributed by atoms with E-state index in [0.29, 0.717) is 5.92 Å². The maximum Gasteiger partial charge on any atom is 0.220 e. The standard InChI is InChI=1S/C10H20N2O/c1-2-5-11-6-7-12-10(13)8-9-3-4-9/h9,11H,2-8H2,1H3,(H,12,13). The third-order valence-electron chi connectivity index (χ3n) is 2.22. The molecule has 13 heavy (non-hydrogen) atoms. The Balaban J connectivity index is 1.83. The molecule has 1 rings (SSSR count). The average molecular weight is 184 g/mol. The maximum atomic E-state index is 11.2. The van der Waals surface area contributed by atoms with Crippen molar-refractivity contribution in [2.75, 3.05) is 19.6 Å². The molecule has 0 radical (unpaired) electrons. The molecule has 0 bridgehead atoms. The Morgan fingerprint density at radius 1 is 1.31 bits per heavy atom. The molecule has 0 unspecified atom stereocenters. The first kappa shape index (κ1) is 10.5. The van der Waals surface area contributed by atoms with E-state index in [2.05, 4.69) is 17.6 Å². The summed E-state index contributed by atoms with van der Waals surface area (Å²) in [6, 6.07) is 0. The predicted molar refractivity (Wildman–Crippen MR) is 53.5 cm³/mol. The van der Waals surface area contributed by atoms with Gasteiger partial charge in [-0.3, -0.25) is 4.79 Å². The molecular formula is C10H20N2O. The van der Waals surface area contributed by atoms with Crippen LogP contribution in [0.15, 0.2) is 0 Å². The van der Waals surface area contributed by atoms with Gasteiger partial charge in [0.15, 0.2) is 0 Å². The lowest BCUT2D eigenvalue weighted by Crippen LogP contribution is -2.32. The van der Waals surface area contributed by atoms with Gasteiger partial charge in [-0.05, 0) is 31.7 Å². The zero-order valence-electron chi connectivity index (χ0n) is 8.44. The second-order valence-electron chi connectivity index (χ2n) is 3.75. The summed E-state index contributed by atoms with van der Waals surface area (Å²) in [5, 5.41) is 6.16. The summed E-state index contributed by atoms with van der Waals surface area (Å²) in [6.45, 7) is 4.84. The lowest BCUT2D eigenvalue weighted by Gasteiger charge is -2.05. The molecule has 1 amide bonds. The fraction of sp³-hybridized carbons (Fsp3) is 0.900. The molecule has 1 fully saturated rings. The molecule has 0 aromatic heterocycles. The summed E-state index contributed by atoms with van der Waals surface area (Å²) in [5.41, 5.74) is 0. The zero-order chi connectivity index (χ0) is 9.52. The van der Waals surface area contributed by atoms with Crippen molar-refractivity contribution in [2.24, 2.45) is 5.92 Å². The van der Waals surface area contributed by atoms with E-state index < -0.39 is 0 Å². The van der Waals surface area contributed by atoms with Crippen LogP contribution >= 0.6 is 0 Å². The van der Waals surface area contributed by atoms with Crippen LogP contribution < -0.4 is 10.6 Å². The summed E-state index contributed by atoms with van der Waals surface area (Å²) < 4.78 is 0. The minimum Gasteiger partial charge on any atom is -0.355 e. The van der Waals surface area contributed by atoms with Gasteiger partial charge in [0.05, 0.1) is 0 Å². The number of hydrogen-bond donors (Lipinski definition) is 2. The third-order valence-corrected chi connectivity index (χ3v) is 2.22. The highest BCUT2D eigenvalue weighted by Crippen LogP contribution is 2.31. The van der Waals surface area contributed by atoms with E-state index in [-0.39, 0.29) is 5.91 Å². The molecule has 2 N–H and O–H groups in total. The van der Waals surface area contributed by atoms with Gasteiger partial charge in [-0.25, -0.2) is 0 Å². The van der Waals surface area contributed by atoms with Crippen LogP contribution in [0.1, 0.15) is 32.6 Å². The van der Waals surface area contributed by atoms with E-state index >= 15 is 0 Å². The lowest BCUT2D eigenvalue weighted by molar-refractivity contribution is -0.121. The number of amides is 1. The Morgan fingerprint density at radius 2 is 2.08 bits per heavy atom. The highest BCUT2D eigenvalue weighted by atomic mass is 16.1. The Kier molecular flexibility index (Phi) is 4.83. The molecular weight excluding hydrogens is 164 g/mol. The Morgan fingerprint density at radius 3 is 2.69 bits per heavy atom. The van der Waals surface area contributed by atoms with Gasteiger partial charge in [0.25, 0.3) is 0 Å². The van der Waals surface area contributed by atoms with Crippen molar-refractivity contribution >= 4 is 5.91 Å². The normalized spacial score (nSPS) is 15.8. The van der Waals surface area contributed by atoms with Crippen molar-refractivity contribution in [3.05, 3.63) is 0 Å². The number of carbonyl (C=O) groups is 1. The molecule has 3 heteroatoms. The first-order valence-corrected chi connectivity index (χ1v) is 5.30. The second-order valence-corrected chi connectivity index (χ2v) is 3.75. The van der Waals surface area contributed by atoms with Gasteiger partial charge in [0.1, 0.15) is 0 Å². The van der Waals surface area contributed by atoms with Crippen molar-refractivity contribution in [3.8, 4) is 0 Å². The number of hydrogen-bond acceptors (Lipinski definition) is 2. The van der Waals surface area contributed by atoms with Crippen LogP contribution in [0.4, 0.5) is 0 Å². The van der Waals surface area contributed by atoms with Crippen molar-refractivity contribution in [3.63, 3.8) is 0 Å². The van der Waals surface area contributed by atoms with Crippen LogP contribution in [-0.2, 0) is 4.79 Å². The first-order chi connectivity index (χ1) is 6.33. The van der Waals surface area contributed by atoms with Gasteiger partial charge in [-0.2, -0.15) is 0 Å². The fourth-order valence-corrected chi connectivity index (χ4v) is 1.25. The average Bonchev–Trinajstić information content (AvgIpc) is 2.88. The van der Waals surface area contributed by atoms with Crippen LogP contribution in [0.3, 0.4) is 0 Å². The monoisotopic (exact) mass is 184 g/mol. The molecule has 1 aliphatic rings. The molecule has 0 aliphatic heterocycles. The minimum atomic E-state index is 0.223. The summed E-state index contributed by atoms with van der Waals surface area (Å²) >= 11 is 0. The van der Waals surface area contributed by atoms with E-state index in [1.54, 1.807) is 0 Å². The van der Waals surface area contributed by atoms with Gasteiger partial charge < -0.3 is 10.6 Å². The topological polar surface area (TPSA) is 41.1 Å². The van der Waals surface area contributed by atoms with Crippen LogP contribution in [0.5, 0.6) is 0 Å². The highest BCUT2D eigenvalue weighted by molar-refractivity contribution is 5.76. The summed E-state index contributed by atoms with van der Waals surface area (Å²) in [7, 11) is 0. The SMILES string of the molecule is CCCNCCNC(=O)CC1CC1. The van der Waals surface area contributed by atoms with Crippen LogP contribution in [0, 0.1) is 5.92 Å². The molecule has 76 valence electrons. The molecule has 0 heterocycles. The van der Waals surface area contributed by atoms with Gasteiger partial charge in [0, 0.05) is 19.5 Å². The van der Waals surface area contributed by atoms with Gasteiger partial charge >= 0.3 is 0 Å². The van der Waals surface area contributed by atoms with Crippen molar-refractivity contribution in [1.29, 1.82) is 0 Å². The lowest BCUT2D eigenvalue weighted by atomic mass is 10.3. The Hall–Kier alpha value is -0.570. The van der Waals surface area contributed by atoms with E-state index in [1.807, 2.05) is 0 Å². The third kappa shape index (κ3) is 5.64. The second kappa shape index (κ2) is 5.97. The number of carbonyl (C=O) groups excluding carboxylic acids is 1. The maximum absolute atomic E-state index is 11.2. The molecule has 0 saturated heterocycles. The molecule has 0 spiro atoms. The summed E-state index contributed by atoms with van der Waals surface area (Å²) in [4.78, 5) is 11.2. The molecule has 0 aromatic rings. The highest BCUT2D eigenvalue weighted by Gasteiger charge is 2.23. The van der Waals surface area contributed by atoms with Crippen molar-refractivity contribution in [1.82, 2.24) is 10.6 Å². The van der Waals surface area contributed by atoms with Crippen LogP contribution in [-0.4, -0.2) is 25.5 Å². The van der Waals surface area contributed by atoms with E-state index in [9.17, 15) is 4.79 Å². The van der Waals surface area contributed by atoms with Crippen molar-refractivity contribution in [2.45, 2.75) is 32.6 Å². The van der Waals surface area contributed by atoms with E-state index in [0.717, 1.165) is 32.5 Å². The van der Waals surface area contributed by atoms with Gasteiger partial charge in [-0.15, -0.1) is 0 Å². The Labute approximate surface area is 80.3 Å². The quantitative estimate of drug-likeness (QED) is 0.577. The molecule has 1 saturated carbocycles. The van der Waals surface area contributed by atoms with Crippen LogP contribution in [0.2, 0.25) is 0 Å². The molecule has 1 aliphatic carbocycles. The number of rotatable bonds is 7. The molecule has 0 atom stereocenters. The zero-order valence-corrected chi connectivity index (χ0v) is 8.44. The minimum absolute atomic E-state index is 0.223. The van der Waals surface area contributed by atoms with Gasteiger partial charge in [-0.1, -0.05) is 6.92 Å². The predicted octanol–water partition coefficient (Wildman–Crippen LogP) is 0.902. The van der Waals surface area contributed by atoms with E-state index in [1.165, 1.54) is 12.8 Å². The van der Waals surface area contributed by atoms with E-state index in [4.69, 9.17) is 0 Å². The van der Waals surface area contributed by atoms with Crippen LogP contribution in [0.25, 0.3) is 0 Å². The molecule has 0 aromatic carbocycles. The summed E-state index contributed by atoms with van der Waals surface area (Å²) in [6.07, 6.45) is 4.40. The number of nitrogens with one attached hydrogen (secondary N) is 2. The largest absolute Gasteiger partial charge is 0.355 e. The van der Waals surface area contributed by atoms with Crippen molar-refractivity contribution < 1.29 is 4.79 Å². The molecule has 3 nitrogen and oxygen atoms in total. The smallest absolute Gasteiger partial charge is 0.220 e.